The van der Waals surface area contributed by atoms with Crippen molar-refractivity contribution in [3.8, 4) is 0 Å². The molecule has 2 heterocycles. The molecule has 14 heavy (non-hydrogen) atoms. The van der Waals surface area contributed by atoms with Gasteiger partial charge in [0.1, 0.15) is 11.4 Å². The van der Waals surface area contributed by atoms with E-state index in [4.69, 9.17) is 4.74 Å². The van der Waals surface area contributed by atoms with Gasteiger partial charge in [-0.1, -0.05) is 10.3 Å². The summed E-state index contributed by atoms with van der Waals surface area (Å²) in [5, 5.41) is 10.7. The first-order valence-electron chi connectivity index (χ1n) is 4.93. The predicted molar refractivity (Wildman–Crippen MR) is 49.7 cm³/mol. The van der Waals surface area contributed by atoms with Crippen LogP contribution in [0.5, 0.6) is 0 Å². The molecule has 1 fully saturated rings. The van der Waals surface area contributed by atoms with Gasteiger partial charge < -0.3 is 10.1 Å². The molecule has 1 aliphatic rings. The van der Waals surface area contributed by atoms with Crippen LogP contribution in [0.2, 0.25) is 0 Å². The van der Waals surface area contributed by atoms with Crippen LogP contribution in [0.4, 0.5) is 0 Å². The Morgan fingerprint density at radius 2 is 2.50 bits per heavy atom. The van der Waals surface area contributed by atoms with Crippen molar-refractivity contribution < 1.29 is 9.37 Å². The second-order valence-corrected chi connectivity index (χ2v) is 3.67. The van der Waals surface area contributed by atoms with Gasteiger partial charge in [0.25, 0.3) is 0 Å². The number of aromatic nitrogens is 2. The summed E-state index contributed by atoms with van der Waals surface area (Å²) in [6.07, 6.45) is 1.20. The molecule has 0 aliphatic carbocycles. The molecule has 0 bridgehead atoms. The predicted octanol–water partition coefficient (Wildman–Crippen LogP) is 0.504. The molecule has 1 saturated heterocycles. The number of aryl methyl sites for hydroxylation is 1. The molecule has 1 atom stereocenters. The molecule has 78 valence electrons. The minimum absolute atomic E-state index is 0.506. The summed E-state index contributed by atoms with van der Waals surface area (Å²) in [6, 6.07) is 0. The average molecular weight is 197 g/mol. The maximum Gasteiger partial charge on any atom is 0.133 e. The quantitative estimate of drug-likeness (QED) is 0.761. The molecule has 2 rings (SSSR count). The Morgan fingerprint density at radius 3 is 3.14 bits per heavy atom. The van der Waals surface area contributed by atoms with Gasteiger partial charge in [0.15, 0.2) is 0 Å². The normalized spacial score (nSPS) is 21.6. The molecule has 0 radical (unpaired) electrons. The zero-order chi connectivity index (χ0) is 9.80. The van der Waals surface area contributed by atoms with Crippen molar-refractivity contribution in [2.24, 2.45) is 5.92 Å². The Hall–Kier alpha value is -0.940. The molecule has 1 unspecified atom stereocenters. The van der Waals surface area contributed by atoms with Gasteiger partial charge in [-0.05, 0) is 25.8 Å². The van der Waals surface area contributed by atoms with E-state index in [2.05, 4.69) is 20.3 Å². The Balaban J connectivity index is 1.70. The van der Waals surface area contributed by atoms with Crippen LogP contribution in [0.15, 0.2) is 4.63 Å². The van der Waals surface area contributed by atoms with E-state index in [1.54, 1.807) is 0 Å². The van der Waals surface area contributed by atoms with E-state index in [1.165, 1.54) is 6.42 Å². The van der Waals surface area contributed by atoms with Crippen molar-refractivity contribution in [3.63, 3.8) is 0 Å². The fraction of sp³-hybridized carbons (Fsp3) is 0.778. The smallest absolute Gasteiger partial charge is 0.133 e. The van der Waals surface area contributed by atoms with Crippen molar-refractivity contribution in [2.75, 3.05) is 19.7 Å². The van der Waals surface area contributed by atoms with Gasteiger partial charge in [0.05, 0.1) is 13.2 Å². The molecule has 1 aliphatic heterocycles. The number of hydrogen-bond donors (Lipinski definition) is 1. The van der Waals surface area contributed by atoms with Gasteiger partial charge in [0.2, 0.25) is 0 Å². The lowest BCUT2D eigenvalue weighted by Crippen LogP contribution is -2.13. The van der Waals surface area contributed by atoms with E-state index < -0.39 is 0 Å². The van der Waals surface area contributed by atoms with Crippen LogP contribution in [0.3, 0.4) is 0 Å². The number of nitrogens with one attached hydrogen (secondary N) is 1. The molecule has 1 aromatic rings. The Bertz CT molecular complexity index is 281. The van der Waals surface area contributed by atoms with E-state index in [1.807, 2.05) is 6.92 Å². The third-order valence-electron chi connectivity index (χ3n) is 2.50. The highest BCUT2D eigenvalue weighted by atomic mass is 16.6. The van der Waals surface area contributed by atoms with Gasteiger partial charge in [-0.2, -0.15) is 0 Å². The van der Waals surface area contributed by atoms with E-state index in [0.29, 0.717) is 12.5 Å². The molecule has 1 aromatic heterocycles. The molecule has 5 heteroatoms. The highest BCUT2D eigenvalue weighted by Crippen LogP contribution is 2.09. The summed E-state index contributed by atoms with van der Waals surface area (Å²) < 4.78 is 10.1. The second kappa shape index (κ2) is 4.52. The molecule has 0 spiro atoms. The van der Waals surface area contributed by atoms with Crippen molar-refractivity contribution >= 4 is 0 Å². The lowest BCUT2D eigenvalue weighted by Gasteiger charge is -2.07. The van der Waals surface area contributed by atoms with Crippen LogP contribution in [0.1, 0.15) is 17.8 Å². The highest BCUT2D eigenvalue weighted by Gasteiger charge is 2.14. The highest BCUT2D eigenvalue weighted by molar-refractivity contribution is 5.02. The number of rotatable bonds is 4. The molecular weight excluding hydrogens is 182 g/mol. The summed E-state index contributed by atoms with van der Waals surface area (Å²) >= 11 is 0. The Kier molecular flexibility index (Phi) is 3.10. The molecule has 0 saturated carbocycles. The molecule has 0 aromatic carbocycles. The summed E-state index contributed by atoms with van der Waals surface area (Å²) in [5.74, 6) is 0.648. The summed E-state index contributed by atoms with van der Waals surface area (Å²) in [7, 11) is 0. The van der Waals surface area contributed by atoms with Crippen LogP contribution < -0.4 is 5.32 Å². The Labute approximate surface area is 82.8 Å². The van der Waals surface area contributed by atoms with Crippen molar-refractivity contribution in [1.82, 2.24) is 15.6 Å². The zero-order valence-corrected chi connectivity index (χ0v) is 8.32. The number of ether oxygens (including phenoxy) is 1. The average Bonchev–Trinajstić information content (AvgIpc) is 2.78. The van der Waals surface area contributed by atoms with Crippen molar-refractivity contribution in [2.45, 2.75) is 20.0 Å². The third-order valence-corrected chi connectivity index (χ3v) is 2.50. The summed E-state index contributed by atoms with van der Waals surface area (Å²) in [5.41, 5.74) is 1.62. The van der Waals surface area contributed by atoms with E-state index in [9.17, 15) is 0 Å². The van der Waals surface area contributed by atoms with Gasteiger partial charge in [0, 0.05) is 6.54 Å². The van der Waals surface area contributed by atoms with Gasteiger partial charge >= 0.3 is 0 Å². The molecule has 1 N–H and O–H groups in total. The Morgan fingerprint density at radius 1 is 1.57 bits per heavy atom. The fourth-order valence-electron chi connectivity index (χ4n) is 1.56. The molecular formula is C9H15N3O2. The lowest BCUT2D eigenvalue weighted by atomic mass is 10.1. The van der Waals surface area contributed by atoms with E-state index in [-0.39, 0.29) is 0 Å². The largest absolute Gasteiger partial charge is 0.375 e. The first kappa shape index (κ1) is 9.61. The first-order chi connectivity index (χ1) is 6.86. The number of nitrogens with zero attached hydrogens (tertiary/aromatic N) is 2. The summed E-state index contributed by atoms with van der Waals surface area (Å²) in [4.78, 5) is 0. The van der Waals surface area contributed by atoms with Crippen LogP contribution in [0, 0.1) is 12.8 Å². The number of hydrogen-bond acceptors (Lipinski definition) is 5. The zero-order valence-electron chi connectivity index (χ0n) is 8.32. The van der Waals surface area contributed by atoms with Crippen LogP contribution in [-0.4, -0.2) is 30.0 Å². The second-order valence-electron chi connectivity index (χ2n) is 3.67. The van der Waals surface area contributed by atoms with Crippen molar-refractivity contribution in [1.29, 1.82) is 0 Å². The van der Waals surface area contributed by atoms with E-state index >= 15 is 0 Å². The third kappa shape index (κ3) is 2.30. The SMILES string of the molecule is Cc1nonc1COCC1CCNC1. The fourth-order valence-corrected chi connectivity index (χ4v) is 1.56. The molecule has 0 amide bonds. The van der Waals surface area contributed by atoms with Crippen LogP contribution >= 0.6 is 0 Å². The van der Waals surface area contributed by atoms with Gasteiger partial charge in [-0.3, -0.25) is 0 Å². The first-order valence-corrected chi connectivity index (χ1v) is 4.93. The van der Waals surface area contributed by atoms with E-state index in [0.717, 1.165) is 31.1 Å². The lowest BCUT2D eigenvalue weighted by molar-refractivity contribution is 0.0878. The topological polar surface area (TPSA) is 60.2 Å². The maximum absolute atomic E-state index is 5.54. The van der Waals surface area contributed by atoms with Crippen LogP contribution in [-0.2, 0) is 11.3 Å². The minimum Gasteiger partial charge on any atom is -0.375 e. The van der Waals surface area contributed by atoms with Crippen LogP contribution in [0.25, 0.3) is 0 Å². The summed E-state index contributed by atoms with van der Waals surface area (Å²) in [6.45, 7) is 5.34. The molecule has 5 nitrogen and oxygen atoms in total. The monoisotopic (exact) mass is 197 g/mol. The standard InChI is InChI=1S/C9H15N3O2/c1-7-9(12-14-11-7)6-13-5-8-2-3-10-4-8/h8,10H,2-6H2,1H3. The minimum atomic E-state index is 0.506. The van der Waals surface area contributed by atoms with Gasteiger partial charge in [-0.25, -0.2) is 4.63 Å². The van der Waals surface area contributed by atoms with Gasteiger partial charge in [-0.15, -0.1) is 0 Å². The van der Waals surface area contributed by atoms with Crippen molar-refractivity contribution in [3.05, 3.63) is 11.4 Å². The maximum atomic E-state index is 5.54.